The van der Waals surface area contributed by atoms with E-state index in [2.05, 4.69) is 63.7 Å². The number of carbonyl (C=O) groups excluding carboxylic acids is 1. The van der Waals surface area contributed by atoms with E-state index in [-0.39, 0.29) is 23.7 Å². The number of aromatic nitrogens is 10. The van der Waals surface area contributed by atoms with Gasteiger partial charge in [0.25, 0.3) is 0 Å². The third-order valence-corrected chi connectivity index (χ3v) is 23.9. The van der Waals surface area contributed by atoms with Crippen LogP contribution in [-0.2, 0) is 109 Å². The van der Waals surface area contributed by atoms with Crippen molar-refractivity contribution in [3.05, 3.63) is 58.9 Å². The van der Waals surface area contributed by atoms with Crippen molar-refractivity contribution in [3.63, 3.8) is 0 Å². The van der Waals surface area contributed by atoms with Crippen molar-refractivity contribution in [2.75, 3.05) is 141 Å². The molecule has 0 aliphatic heterocycles. The molecule has 0 radical (unpaired) electrons. The second-order valence-electron chi connectivity index (χ2n) is 20.0. The Kier molecular flexibility index (Phi) is 45.2. The zero-order chi connectivity index (χ0) is 76.0. The molecule has 31 nitrogen and oxygen atoms in total. The third-order valence-electron chi connectivity index (χ3n) is 11.9. The lowest BCUT2D eigenvalue weighted by atomic mass is 10.2. The van der Waals surface area contributed by atoms with Gasteiger partial charge in [-0.1, -0.05) is 13.8 Å². The molecule has 41 heteroatoms. The van der Waals surface area contributed by atoms with Gasteiger partial charge in [0.2, 0.25) is 65.0 Å². The lowest BCUT2D eigenvalue weighted by Crippen LogP contribution is -2.30. The second kappa shape index (κ2) is 48.1. The van der Waals surface area contributed by atoms with Gasteiger partial charge in [-0.3, -0.25) is 36.8 Å². The number of aryl methyl sites for hydroxylation is 4. The molecule has 0 aromatic carbocycles. The van der Waals surface area contributed by atoms with Crippen LogP contribution >= 0.6 is 33.6 Å². The van der Waals surface area contributed by atoms with Crippen molar-refractivity contribution < 1.29 is 77.4 Å². The summed E-state index contributed by atoms with van der Waals surface area (Å²) in [6, 6.07) is 8.38. The summed E-state index contributed by atoms with van der Waals surface area (Å²) < 4.78 is 86.5. The largest absolute Gasteiger partial charge is 0.478 e. The van der Waals surface area contributed by atoms with Gasteiger partial charge in [0.05, 0.1) is 52.3 Å². The van der Waals surface area contributed by atoms with Crippen molar-refractivity contribution in [3.8, 4) is 35.3 Å². The van der Waals surface area contributed by atoms with E-state index >= 15 is 0 Å². The SMILES string of the molecule is CCN(CC)c1nc(C)cc(OP(=S)(OC)OC)n1.CCOP(=S)(OCC)Oc1cc(C)nc(N(C)C)n1.CCOP(=S)(OCC)Oc1cc(C)nc(N(CC)C(C)=O)n1.CCOP(=S)(OCC)Oc1cc(C)nc(N(CC)CC)n1.CCOc1cc(OP(=S)(OC)OC)nc(C(C)C)n1. The Labute approximate surface area is 618 Å². The first-order chi connectivity index (χ1) is 47.1. The highest BCUT2D eigenvalue weighted by atomic mass is 32.5. The number of amides is 1. The smallest absolute Gasteiger partial charge is 0.381 e. The Morgan fingerprint density at radius 2 is 0.650 bits per heavy atom. The van der Waals surface area contributed by atoms with Gasteiger partial charge in [0.1, 0.15) is 5.82 Å². The van der Waals surface area contributed by atoms with Crippen LogP contribution in [0.15, 0.2) is 30.3 Å². The Bertz CT molecular complexity index is 3460. The van der Waals surface area contributed by atoms with Crippen molar-refractivity contribution in [2.45, 2.75) is 137 Å². The summed E-state index contributed by atoms with van der Waals surface area (Å²) in [6.45, 7) is 28.5. The van der Waals surface area contributed by atoms with Gasteiger partial charge in [-0.25, -0.2) is 19.9 Å². The number of carbonyl (C=O) groups is 1. The Hall–Kier alpha value is -4.08. The summed E-state index contributed by atoms with van der Waals surface area (Å²) in [5, 5.41) is 0. The summed E-state index contributed by atoms with van der Waals surface area (Å²) in [7, 11) is 9.53. The first-order valence-electron chi connectivity index (χ1n) is 32.1. The predicted octanol–water partition coefficient (Wildman–Crippen LogP) is 14.1. The minimum absolute atomic E-state index is 0.144. The molecule has 0 fully saturated rings. The number of hydrogen-bond donors (Lipinski definition) is 0. The average Bonchev–Trinajstić information content (AvgIpc) is 0.863. The van der Waals surface area contributed by atoms with E-state index < -0.39 is 33.6 Å². The lowest BCUT2D eigenvalue weighted by Gasteiger charge is -2.22. The highest BCUT2D eigenvalue weighted by Crippen LogP contribution is 2.52. The van der Waals surface area contributed by atoms with Crippen LogP contribution in [0, 0.1) is 27.7 Å². The van der Waals surface area contributed by atoms with E-state index in [0.717, 1.165) is 43.3 Å². The predicted molar refractivity (Wildman–Crippen MR) is 412 cm³/mol. The normalized spacial score (nSPS) is 11.5. The molecule has 0 atom stereocenters. The van der Waals surface area contributed by atoms with Crippen LogP contribution in [0.5, 0.6) is 35.3 Å². The Balaban J connectivity index is 0.000000626. The molecule has 568 valence electrons. The topological polar surface area (TPSA) is 307 Å². The maximum absolute atomic E-state index is 11.6. The molecule has 0 unspecified atom stereocenters. The minimum Gasteiger partial charge on any atom is -0.478 e. The summed E-state index contributed by atoms with van der Waals surface area (Å²) in [4.78, 5) is 62.2. The number of ether oxygens (including phenoxy) is 1. The molecule has 0 aliphatic carbocycles. The van der Waals surface area contributed by atoms with Gasteiger partial charge in [0, 0.05) is 194 Å². The van der Waals surface area contributed by atoms with E-state index in [9.17, 15) is 4.79 Å². The van der Waals surface area contributed by atoms with Gasteiger partial charge >= 0.3 is 33.6 Å². The molecule has 0 spiro atoms. The monoisotopic (exact) mass is 1600 g/mol. The molecule has 5 aromatic heterocycles. The molecule has 100 heavy (non-hydrogen) atoms. The highest BCUT2D eigenvalue weighted by Gasteiger charge is 2.28. The van der Waals surface area contributed by atoms with E-state index in [1.807, 2.05) is 128 Å². The first-order valence-corrected chi connectivity index (χ1v) is 44.9. The Morgan fingerprint density at radius 3 is 0.910 bits per heavy atom. The number of hydrogen-bond acceptors (Lipinski definition) is 35. The van der Waals surface area contributed by atoms with Gasteiger partial charge in [-0.15, -0.1) is 0 Å². The number of anilines is 4. The van der Waals surface area contributed by atoms with Crippen molar-refractivity contribution in [1.29, 1.82) is 0 Å². The van der Waals surface area contributed by atoms with Gasteiger partial charge in [-0.2, -0.15) is 29.9 Å². The molecule has 5 rings (SSSR count). The summed E-state index contributed by atoms with van der Waals surface area (Å²) in [6.07, 6.45) is 0. The maximum Gasteiger partial charge on any atom is 0.381 e. The van der Waals surface area contributed by atoms with E-state index in [0.29, 0.717) is 112 Å². The first kappa shape index (κ1) is 93.9. The van der Waals surface area contributed by atoms with Crippen molar-refractivity contribution in [1.82, 2.24) is 49.8 Å². The minimum atomic E-state index is -2.90. The zero-order valence-corrected chi connectivity index (χ0v) is 71.0. The second-order valence-corrected chi connectivity index (χ2v) is 35.1. The Morgan fingerprint density at radius 1 is 0.380 bits per heavy atom. The maximum atomic E-state index is 11.6. The summed E-state index contributed by atoms with van der Waals surface area (Å²) in [5.41, 5.74) is 3.08. The summed E-state index contributed by atoms with van der Waals surface area (Å²) in [5.74, 6) is 4.85. The molecular formula is C59H105N14O17P5S5. The van der Waals surface area contributed by atoms with Gasteiger partial charge in [0.15, 0.2) is 0 Å². The zero-order valence-electron chi connectivity index (χ0n) is 62.4. The van der Waals surface area contributed by atoms with E-state index in [1.54, 1.807) is 42.2 Å². The molecule has 5 heterocycles. The fraction of sp³-hybridized carbons (Fsp3) is 0.644. The van der Waals surface area contributed by atoms with E-state index in [4.69, 9.17) is 132 Å². The average molecular weight is 1600 g/mol. The quantitative estimate of drug-likeness (QED) is 0.0331. The molecular weight excluding hydrogens is 1490 g/mol. The molecule has 1 amide bonds. The molecule has 0 bridgehead atoms. The molecule has 0 saturated heterocycles. The van der Waals surface area contributed by atoms with Crippen LogP contribution in [0.3, 0.4) is 0 Å². The van der Waals surface area contributed by atoms with Crippen LogP contribution in [0.2, 0.25) is 0 Å². The molecule has 5 aromatic rings. The third kappa shape index (κ3) is 34.2. The fourth-order valence-electron chi connectivity index (χ4n) is 7.44. The molecule has 0 aliphatic rings. The fourth-order valence-corrected chi connectivity index (χ4v) is 15.1. The van der Waals surface area contributed by atoms with Crippen LogP contribution in [0.1, 0.15) is 138 Å². The van der Waals surface area contributed by atoms with Crippen molar-refractivity contribution >= 4 is 122 Å². The summed E-state index contributed by atoms with van der Waals surface area (Å²) >= 11 is 26.3. The number of rotatable bonds is 38. The number of nitrogens with zero attached hydrogens (tertiary/aromatic N) is 14. The lowest BCUT2D eigenvalue weighted by molar-refractivity contribution is -0.116. The van der Waals surface area contributed by atoms with Crippen LogP contribution in [-0.4, -0.2) is 177 Å². The van der Waals surface area contributed by atoms with E-state index in [1.165, 1.54) is 40.3 Å². The van der Waals surface area contributed by atoms with Gasteiger partial charge < -0.3 is 60.2 Å². The van der Waals surface area contributed by atoms with Crippen LogP contribution < -0.4 is 47.0 Å². The van der Waals surface area contributed by atoms with Crippen molar-refractivity contribution in [2.24, 2.45) is 0 Å². The highest BCUT2D eigenvalue weighted by molar-refractivity contribution is 8.09. The van der Waals surface area contributed by atoms with Crippen LogP contribution in [0.4, 0.5) is 23.8 Å². The van der Waals surface area contributed by atoms with Crippen LogP contribution in [0.25, 0.3) is 0 Å². The van der Waals surface area contributed by atoms with Gasteiger partial charge in [-0.05, 0) is 111 Å². The molecule has 0 N–H and O–H groups in total. The molecule has 0 saturated carbocycles. The standard InChI is InChI=1S/C13H22N3O4PS.C13H24N3O3PS.2C11H20N3O3PS.C11H19N2O4PS/c1-6-16(11(5)17)13-14-10(4)9-12(15-13)20-21(22,18-7-2)19-8-3;1-6-16(7-2)13-14-11(5)10-12(15-13)19-20(21,17-8-3)18-9-4;1-6-14(7-2)11-12-9(3)8-10(13-11)17-18(19,15-4)16-5;1-6-15-18(19,16-7-2)17-10-8-9(3)12-11(13-10)14(4)5;1-6-16-9-7-10(13-11(12-9)8(2)3)17-18(19,14-4)15-5/h9H,6-8H2,1-5H3;10H,6-9H2,1-5H3;2*8H,6-7H2,1-5H3;7-8H,6H2,1-5H3.